The summed E-state index contributed by atoms with van der Waals surface area (Å²) in [5.74, 6) is -2.31. The Labute approximate surface area is 152 Å². The first-order valence-electron chi connectivity index (χ1n) is 8.13. The van der Waals surface area contributed by atoms with E-state index in [0.29, 0.717) is 24.5 Å². The molecule has 1 aliphatic heterocycles. The second-order valence-corrected chi connectivity index (χ2v) is 5.95. The van der Waals surface area contributed by atoms with E-state index in [9.17, 15) is 13.6 Å². The standard InChI is InChI=1S/C19H14F2N2O4/c20-13-2-1-3-14(21)15(13)19-23-16(18(22)24)17(27-19)10-4-6-11(7-5-10)25-8-12-9-26-12/h1-7,12H,8-9H2,(H2,22,24). The van der Waals surface area contributed by atoms with Crippen LogP contribution in [-0.4, -0.2) is 30.2 Å². The van der Waals surface area contributed by atoms with Crippen molar-refractivity contribution in [2.45, 2.75) is 6.10 Å². The maximum atomic E-state index is 14.0. The Morgan fingerprint density at radius 2 is 1.85 bits per heavy atom. The first-order valence-corrected chi connectivity index (χ1v) is 8.13. The van der Waals surface area contributed by atoms with Gasteiger partial charge in [-0.1, -0.05) is 6.07 Å². The number of hydrogen-bond acceptors (Lipinski definition) is 5. The lowest BCUT2D eigenvalue weighted by Crippen LogP contribution is -2.12. The van der Waals surface area contributed by atoms with E-state index in [-0.39, 0.29) is 23.4 Å². The third-order valence-electron chi connectivity index (χ3n) is 3.99. The summed E-state index contributed by atoms with van der Waals surface area (Å²) in [6, 6.07) is 9.99. The number of rotatable bonds is 6. The molecule has 2 aromatic carbocycles. The Morgan fingerprint density at radius 3 is 2.44 bits per heavy atom. The van der Waals surface area contributed by atoms with Gasteiger partial charge >= 0.3 is 0 Å². The minimum atomic E-state index is -0.872. The summed E-state index contributed by atoms with van der Waals surface area (Å²) in [5, 5.41) is 0. The zero-order chi connectivity index (χ0) is 19.0. The number of hydrogen-bond donors (Lipinski definition) is 1. The number of nitrogens with two attached hydrogens (primary N) is 1. The molecule has 2 heterocycles. The number of amides is 1. The molecule has 138 valence electrons. The third-order valence-corrected chi connectivity index (χ3v) is 3.99. The van der Waals surface area contributed by atoms with Gasteiger partial charge in [-0.15, -0.1) is 0 Å². The van der Waals surface area contributed by atoms with Gasteiger partial charge in [-0.2, -0.15) is 0 Å². The van der Waals surface area contributed by atoms with Crippen LogP contribution in [0.1, 0.15) is 10.5 Å². The van der Waals surface area contributed by atoms with E-state index in [1.807, 2.05) is 0 Å². The highest BCUT2D eigenvalue weighted by Crippen LogP contribution is 2.33. The molecule has 8 heteroatoms. The summed E-state index contributed by atoms with van der Waals surface area (Å²) >= 11 is 0. The van der Waals surface area contributed by atoms with Crippen LogP contribution in [-0.2, 0) is 4.74 Å². The van der Waals surface area contributed by atoms with Crippen molar-refractivity contribution < 1.29 is 27.5 Å². The lowest BCUT2D eigenvalue weighted by molar-refractivity contribution is 0.0996. The number of nitrogens with zero attached hydrogens (tertiary/aromatic N) is 1. The molecule has 3 aromatic rings. The fraction of sp³-hybridized carbons (Fsp3) is 0.158. The number of oxazole rings is 1. The minimum Gasteiger partial charge on any atom is -0.491 e. The summed E-state index contributed by atoms with van der Waals surface area (Å²) in [7, 11) is 0. The van der Waals surface area contributed by atoms with Gasteiger partial charge in [0.15, 0.2) is 11.5 Å². The fourth-order valence-electron chi connectivity index (χ4n) is 2.55. The van der Waals surface area contributed by atoms with Crippen molar-refractivity contribution in [3.8, 4) is 28.5 Å². The van der Waals surface area contributed by atoms with Crippen LogP contribution in [0.3, 0.4) is 0 Å². The number of halogens is 2. The normalized spacial score (nSPS) is 15.6. The molecule has 4 rings (SSSR count). The Balaban J connectivity index is 1.69. The zero-order valence-electron chi connectivity index (χ0n) is 13.9. The van der Waals surface area contributed by atoms with E-state index in [1.165, 1.54) is 6.07 Å². The maximum Gasteiger partial charge on any atom is 0.271 e. The molecule has 1 aliphatic rings. The minimum absolute atomic E-state index is 0.0252. The molecular weight excluding hydrogens is 358 g/mol. The Hall–Kier alpha value is -3.26. The monoisotopic (exact) mass is 372 g/mol. The van der Waals surface area contributed by atoms with E-state index in [0.717, 1.165) is 12.1 Å². The molecule has 1 aromatic heterocycles. The van der Waals surface area contributed by atoms with Gasteiger partial charge < -0.3 is 19.6 Å². The predicted octanol–water partition coefficient (Wildman–Crippen LogP) is 3.16. The molecule has 2 N–H and O–H groups in total. The number of epoxide rings is 1. The average Bonchev–Trinajstić information content (AvgIpc) is 3.37. The van der Waals surface area contributed by atoms with Crippen LogP contribution in [0.2, 0.25) is 0 Å². The van der Waals surface area contributed by atoms with E-state index in [4.69, 9.17) is 19.6 Å². The number of primary amides is 1. The highest BCUT2D eigenvalue weighted by atomic mass is 19.1. The van der Waals surface area contributed by atoms with Crippen molar-refractivity contribution in [1.82, 2.24) is 4.98 Å². The SMILES string of the molecule is NC(=O)c1nc(-c2c(F)cccc2F)oc1-c1ccc(OCC2CO2)cc1. The topological polar surface area (TPSA) is 90.9 Å². The summed E-state index contributed by atoms with van der Waals surface area (Å²) < 4.78 is 44.1. The van der Waals surface area contributed by atoms with E-state index >= 15 is 0 Å². The van der Waals surface area contributed by atoms with Crippen molar-refractivity contribution in [3.63, 3.8) is 0 Å². The Kier molecular flexibility index (Phi) is 4.33. The number of aromatic nitrogens is 1. The third kappa shape index (κ3) is 3.52. The molecule has 1 saturated heterocycles. The van der Waals surface area contributed by atoms with E-state index in [2.05, 4.69) is 4.98 Å². The van der Waals surface area contributed by atoms with Crippen LogP contribution >= 0.6 is 0 Å². The van der Waals surface area contributed by atoms with E-state index in [1.54, 1.807) is 24.3 Å². The van der Waals surface area contributed by atoms with Crippen molar-refractivity contribution in [3.05, 3.63) is 59.8 Å². The van der Waals surface area contributed by atoms with Gasteiger partial charge in [-0.05, 0) is 36.4 Å². The van der Waals surface area contributed by atoms with Crippen molar-refractivity contribution in [2.24, 2.45) is 5.73 Å². The van der Waals surface area contributed by atoms with Crippen molar-refractivity contribution in [1.29, 1.82) is 0 Å². The van der Waals surface area contributed by atoms with Crippen LogP contribution in [0.4, 0.5) is 8.78 Å². The average molecular weight is 372 g/mol. The molecule has 1 amide bonds. The highest BCUT2D eigenvalue weighted by Gasteiger charge is 2.25. The fourth-order valence-corrected chi connectivity index (χ4v) is 2.55. The predicted molar refractivity (Wildman–Crippen MR) is 91.0 cm³/mol. The molecule has 0 bridgehead atoms. The molecule has 6 nitrogen and oxygen atoms in total. The van der Waals surface area contributed by atoms with Crippen LogP contribution in [0.25, 0.3) is 22.8 Å². The van der Waals surface area contributed by atoms with Crippen LogP contribution in [0.5, 0.6) is 5.75 Å². The van der Waals surface area contributed by atoms with Gasteiger partial charge in [0.25, 0.3) is 5.91 Å². The number of carbonyl (C=O) groups excluding carboxylic acids is 1. The maximum absolute atomic E-state index is 14.0. The van der Waals surface area contributed by atoms with Gasteiger partial charge in [-0.25, -0.2) is 13.8 Å². The van der Waals surface area contributed by atoms with Gasteiger partial charge in [0, 0.05) is 5.56 Å². The van der Waals surface area contributed by atoms with E-state index < -0.39 is 23.1 Å². The number of carbonyl (C=O) groups is 1. The smallest absolute Gasteiger partial charge is 0.271 e. The van der Waals surface area contributed by atoms with Crippen molar-refractivity contribution >= 4 is 5.91 Å². The van der Waals surface area contributed by atoms with Crippen LogP contribution < -0.4 is 10.5 Å². The summed E-state index contributed by atoms with van der Waals surface area (Å²) in [6.07, 6.45) is 0.124. The lowest BCUT2D eigenvalue weighted by Gasteiger charge is -2.05. The summed E-state index contributed by atoms with van der Waals surface area (Å²) in [6.45, 7) is 1.14. The van der Waals surface area contributed by atoms with Crippen molar-refractivity contribution in [2.75, 3.05) is 13.2 Å². The van der Waals surface area contributed by atoms with Gasteiger partial charge in [0.1, 0.15) is 35.7 Å². The van der Waals surface area contributed by atoms with Gasteiger partial charge in [0.05, 0.1) is 6.61 Å². The molecule has 1 atom stereocenters. The lowest BCUT2D eigenvalue weighted by atomic mass is 10.1. The molecular formula is C19H14F2N2O4. The summed E-state index contributed by atoms with van der Waals surface area (Å²) in [4.78, 5) is 15.6. The Morgan fingerprint density at radius 1 is 1.19 bits per heavy atom. The van der Waals surface area contributed by atoms with Gasteiger partial charge in [0.2, 0.25) is 5.89 Å². The highest BCUT2D eigenvalue weighted by molar-refractivity contribution is 5.97. The molecule has 1 fully saturated rings. The summed E-state index contributed by atoms with van der Waals surface area (Å²) in [5.41, 5.74) is 5.14. The zero-order valence-corrected chi connectivity index (χ0v) is 13.9. The molecule has 0 aliphatic carbocycles. The number of benzene rings is 2. The second kappa shape index (κ2) is 6.81. The molecule has 0 saturated carbocycles. The van der Waals surface area contributed by atoms with Crippen LogP contribution in [0.15, 0.2) is 46.9 Å². The quantitative estimate of drug-likeness (QED) is 0.671. The Bertz CT molecular complexity index is 977. The second-order valence-electron chi connectivity index (χ2n) is 5.95. The van der Waals surface area contributed by atoms with Crippen LogP contribution in [0, 0.1) is 11.6 Å². The molecule has 27 heavy (non-hydrogen) atoms. The van der Waals surface area contributed by atoms with Gasteiger partial charge in [-0.3, -0.25) is 4.79 Å². The first-order chi connectivity index (χ1) is 13.0. The molecule has 0 spiro atoms. The largest absolute Gasteiger partial charge is 0.491 e. The molecule has 1 unspecified atom stereocenters. The molecule has 0 radical (unpaired) electrons. The first kappa shape index (κ1) is 17.2. The number of ether oxygens (including phenoxy) is 2.